The van der Waals surface area contributed by atoms with Gasteiger partial charge in [0.2, 0.25) is 0 Å². The van der Waals surface area contributed by atoms with Crippen molar-refractivity contribution in [1.29, 1.82) is 0 Å². The summed E-state index contributed by atoms with van der Waals surface area (Å²) in [6, 6.07) is 3.72. The minimum absolute atomic E-state index is 0.310. The number of rotatable bonds is 3. The first-order valence-electron chi connectivity index (χ1n) is 3.82. The van der Waals surface area contributed by atoms with E-state index in [4.69, 9.17) is 5.11 Å². The van der Waals surface area contributed by atoms with Gasteiger partial charge in [-0.2, -0.15) is 0 Å². The van der Waals surface area contributed by atoms with Crippen molar-refractivity contribution >= 4 is 12.2 Å². The molecule has 4 heteroatoms. The van der Waals surface area contributed by atoms with Crippen molar-refractivity contribution in [3.8, 4) is 0 Å². The molecule has 0 aliphatic rings. The molecule has 0 fully saturated rings. The van der Waals surface area contributed by atoms with E-state index in [1.807, 2.05) is 18.2 Å². The first-order chi connectivity index (χ1) is 6.29. The lowest BCUT2D eigenvalue weighted by molar-refractivity contribution is 0.195. The van der Waals surface area contributed by atoms with Crippen LogP contribution in [0.15, 0.2) is 30.6 Å². The summed E-state index contributed by atoms with van der Waals surface area (Å²) in [7, 11) is 0. The quantitative estimate of drug-likeness (QED) is 0.734. The fraction of sp³-hybridized carbons (Fsp3) is 0.111. The minimum Gasteiger partial charge on any atom is -0.465 e. The van der Waals surface area contributed by atoms with E-state index in [0.29, 0.717) is 6.54 Å². The van der Waals surface area contributed by atoms with Crippen LogP contribution >= 0.6 is 0 Å². The van der Waals surface area contributed by atoms with Crippen molar-refractivity contribution in [3.05, 3.63) is 36.2 Å². The molecule has 13 heavy (non-hydrogen) atoms. The number of pyridine rings is 1. The summed E-state index contributed by atoms with van der Waals surface area (Å²) in [6.45, 7) is 0.310. The van der Waals surface area contributed by atoms with Crippen molar-refractivity contribution in [3.63, 3.8) is 0 Å². The molecule has 1 heterocycles. The number of nitrogens with zero attached hydrogens (tertiary/aromatic N) is 1. The number of carbonyl (C=O) groups is 1. The van der Waals surface area contributed by atoms with Crippen LogP contribution in [0, 0.1) is 0 Å². The third-order valence-corrected chi connectivity index (χ3v) is 1.37. The van der Waals surface area contributed by atoms with Crippen molar-refractivity contribution in [1.82, 2.24) is 10.3 Å². The predicted octanol–water partition coefficient (Wildman–Crippen LogP) is 1.36. The van der Waals surface area contributed by atoms with Gasteiger partial charge >= 0.3 is 6.09 Å². The molecule has 0 aliphatic heterocycles. The van der Waals surface area contributed by atoms with Crippen LogP contribution in [0.4, 0.5) is 4.79 Å². The molecule has 68 valence electrons. The molecular weight excluding hydrogens is 168 g/mol. The fourth-order valence-electron chi connectivity index (χ4n) is 0.816. The van der Waals surface area contributed by atoms with E-state index in [9.17, 15) is 4.79 Å². The maximum Gasteiger partial charge on any atom is 0.404 e. The Hall–Kier alpha value is -1.84. The lowest BCUT2D eigenvalue weighted by Gasteiger charge is -1.93. The fourth-order valence-corrected chi connectivity index (χ4v) is 0.816. The van der Waals surface area contributed by atoms with Gasteiger partial charge in [0.1, 0.15) is 0 Å². The average molecular weight is 178 g/mol. The zero-order valence-electron chi connectivity index (χ0n) is 6.97. The maximum absolute atomic E-state index is 10.1. The molecule has 0 aromatic carbocycles. The number of hydrogen-bond acceptors (Lipinski definition) is 2. The molecule has 0 unspecified atom stereocenters. The van der Waals surface area contributed by atoms with Gasteiger partial charge in [0.15, 0.2) is 0 Å². The first-order valence-corrected chi connectivity index (χ1v) is 3.82. The highest BCUT2D eigenvalue weighted by Crippen LogP contribution is 1.97. The highest BCUT2D eigenvalue weighted by molar-refractivity contribution is 5.64. The summed E-state index contributed by atoms with van der Waals surface area (Å²) in [5.74, 6) is 0. The van der Waals surface area contributed by atoms with Crippen LogP contribution in [-0.2, 0) is 0 Å². The van der Waals surface area contributed by atoms with Crippen molar-refractivity contribution in [2.45, 2.75) is 0 Å². The van der Waals surface area contributed by atoms with E-state index < -0.39 is 6.09 Å². The molecular formula is C9H10N2O2. The van der Waals surface area contributed by atoms with E-state index in [1.165, 1.54) is 0 Å². The van der Waals surface area contributed by atoms with Crippen LogP contribution in [0.5, 0.6) is 0 Å². The lowest BCUT2D eigenvalue weighted by Crippen LogP contribution is -2.20. The van der Waals surface area contributed by atoms with Gasteiger partial charge in [0, 0.05) is 18.9 Å². The summed E-state index contributed by atoms with van der Waals surface area (Å²) in [6.07, 6.45) is 5.91. The second kappa shape index (κ2) is 4.92. The summed E-state index contributed by atoms with van der Waals surface area (Å²) < 4.78 is 0. The Kier molecular flexibility index (Phi) is 3.50. The largest absolute Gasteiger partial charge is 0.465 e. The van der Waals surface area contributed by atoms with Gasteiger partial charge in [-0.3, -0.25) is 4.98 Å². The van der Waals surface area contributed by atoms with E-state index >= 15 is 0 Å². The Morgan fingerprint density at radius 2 is 2.54 bits per heavy atom. The van der Waals surface area contributed by atoms with Crippen LogP contribution in [0.1, 0.15) is 5.56 Å². The summed E-state index contributed by atoms with van der Waals surface area (Å²) in [5.41, 5.74) is 0.953. The maximum atomic E-state index is 10.1. The van der Waals surface area contributed by atoms with E-state index in [1.54, 1.807) is 18.5 Å². The second-order valence-corrected chi connectivity index (χ2v) is 2.37. The van der Waals surface area contributed by atoms with Gasteiger partial charge < -0.3 is 10.4 Å². The molecule has 4 nitrogen and oxygen atoms in total. The van der Waals surface area contributed by atoms with Crippen molar-refractivity contribution in [2.24, 2.45) is 0 Å². The molecule has 0 spiro atoms. The Morgan fingerprint density at radius 1 is 1.69 bits per heavy atom. The highest BCUT2D eigenvalue weighted by atomic mass is 16.4. The average Bonchev–Trinajstić information content (AvgIpc) is 2.14. The Labute approximate surface area is 75.9 Å². The number of nitrogens with one attached hydrogen (secondary N) is 1. The predicted molar refractivity (Wildman–Crippen MR) is 49.3 cm³/mol. The van der Waals surface area contributed by atoms with Crippen molar-refractivity contribution in [2.75, 3.05) is 6.54 Å². The van der Waals surface area contributed by atoms with Gasteiger partial charge in [-0.1, -0.05) is 18.2 Å². The van der Waals surface area contributed by atoms with Gasteiger partial charge in [-0.25, -0.2) is 4.79 Å². The number of hydrogen-bond donors (Lipinski definition) is 2. The molecule has 1 rings (SSSR count). The smallest absolute Gasteiger partial charge is 0.404 e. The van der Waals surface area contributed by atoms with Crippen LogP contribution in [-0.4, -0.2) is 22.7 Å². The monoisotopic (exact) mass is 178 g/mol. The highest BCUT2D eigenvalue weighted by Gasteiger charge is 1.88. The Bertz CT molecular complexity index is 296. The normalized spacial score (nSPS) is 10.2. The first kappa shape index (κ1) is 9.25. The van der Waals surface area contributed by atoms with E-state index in [-0.39, 0.29) is 0 Å². The molecule has 0 saturated carbocycles. The molecule has 0 bridgehead atoms. The Morgan fingerprint density at radius 3 is 3.15 bits per heavy atom. The lowest BCUT2D eigenvalue weighted by atomic mass is 10.2. The van der Waals surface area contributed by atoms with Gasteiger partial charge in [0.25, 0.3) is 0 Å². The number of carboxylic acid groups (broad SMARTS) is 1. The molecule has 1 aromatic rings. The standard InChI is InChI=1S/C9H10N2O2/c12-9(13)11-6-2-4-8-3-1-5-10-7-8/h1-5,7,11H,6H2,(H,12,13). The zero-order chi connectivity index (χ0) is 9.52. The van der Waals surface area contributed by atoms with Gasteiger partial charge in [0.05, 0.1) is 0 Å². The van der Waals surface area contributed by atoms with Gasteiger partial charge in [-0.15, -0.1) is 0 Å². The van der Waals surface area contributed by atoms with Crippen molar-refractivity contribution < 1.29 is 9.90 Å². The topological polar surface area (TPSA) is 62.2 Å². The van der Waals surface area contributed by atoms with E-state index in [2.05, 4.69) is 10.3 Å². The molecule has 0 saturated heterocycles. The summed E-state index contributed by atoms with van der Waals surface area (Å²) >= 11 is 0. The van der Waals surface area contributed by atoms with Crippen LogP contribution < -0.4 is 5.32 Å². The SMILES string of the molecule is O=C(O)NCC=Cc1cccnc1. The summed E-state index contributed by atoms with van der Waals surface area (Å²) in [4.78, 5) is 14.0. The molecule has 0 radical (unpaired) electrons. The molecule has 0 atom stereocenters. The van der Waals surface area contributed by atoms with E-state index in [0.717, 1.165) is 5.56 Å². The molecule has 1 aromatic heterocycles. The Balaban J connectivity index is 2.37. The van der Waals surface area contributed by atoms with Crippen LogP contribution in [0.25, 0.3) is 6.08 Å². The van der Waals surface area contributed by atoms with Gasteiger partial charge in [-0.05, 0) is 11.6 Å². The third kappa shape index (κ3) is 3.91. The molecule has 2 N–H and O–H groups in total. The third-order valence-electron chi connectivity index (χ3n) is 1.37. The molecule has 0 aliphatic carbocycles. The number of aromatic nitrogens is 1. The minimum atomic E-state index is -1.02. The number of amides is 1. The van der Waals surface area contributed by atoms with Crippen LogP contribution in [0.3, 0.4) is 0 Å². The molecule has 1 amide bonds. The zero-order valence-corrected chi connectivity index (χ0v) is 6.97. The summed E-state index contributed by atoms with van der Waals surface area (Å²) in [5, 5.41) is 10.5. The van der Waals surface area contributed by atoms with Crippen LogP contribution in [0.2, 0.25) is 0 Å². The second-order valence-electron chi connectivity index (χ2n) is 2.37.